The molecule has 0 spiro atoms. The minimum Gasteiger partial charge on any atom is -0.357 e. The number of rotatable bonds is 6. The summed E-state index contributed by atoms with van der Waals surface area (Å²) in [6, 6.07) is 2.08. The molecule has 108 valence electrons. The molecule has 3 heterocycles. The largest absolute Gasteiger partial charge is 0.357 e. The lowest BCUT2D eigenvalue weighted by Gasteiger charge is -2.12. The lowest BCUT2D eigenvalue weighted by atomic mass is 10.2. The Hall–Kier alpha value is -1.62. The second-order valence-corrected chi connectivity index (χ2v) is 5.62. The van der Waals surface area contributed by atoms with Crippen LogP contribution in [-0.2, 0) is 19.9 Å². The molecule has 2 aromatic heterocycles. The highest BCUT2D eigenvalue weighted by Crippen LogP contribution is 2.11. The summed E-state index contributed by atoms with van der Waals surface area (Å²) < 4.78 is 7.35. The Balaban J connectivity index is 1.46. The van der Waals surface area contributed by atoms with Gasteiger partial charge in [0.05, 0.1) is 6.42 Å². The van der Waals surface area contributed by atoms with Crippen molar-refractivity contribution in [1.82, 2.24) is 19.6 Å². The highest BCUT2D eigenvalue weighted by Gasteiger charge is 2.12. The van der Waals surface area contributed by atoms with Gasteiger partial charge in [0, 0.05) is 25.9 Å². The molecule has 1 aliphatic heterocycles. The normalized spacial score (nSPS) is 16.1. The third kappa shape index (κ3) is 3.48. The zero-order chi connectivity index (χ0) is 13.8. The van der Waals surface area contributed by atoms with Crippen LogP contribution in [0.5, 0.6) is 0 Å². The first-order valence-electron chi connectivity index (χ1n) is 7.44. The first-order valence-corrected chi connectivity index (χ1v) is 7.44. The molecule has 0 amide bonds. The van der Waals surface area contributed by atoms with Gasteiger partial charge in [0.25, 0.3) is 0 Å². The molecule has 1 saturated heterocycles. The number of aromatic nitrogens is 3. The molecule has 0 bridgehead atoms. The van der Waals surface area contributed by atoms with E-state index in [0.717, 1.165) is 31.6 Å². The molecule has 0 atom stereocenters. The minimum atomic E-state index is 0.715. The summed E-state index contributed by atoms with van der Waals surface area (Å²) in [6.07, 6.45) is 9.56. The van der Waals surface area contributed by atoms with E-state index in [1.807, 2.05) is 17.8 Å². The van der Waals surface area contributed by atoms with Crippen molar-refractivity contribution in [2.24, 2.45) is 7.05 Å². The van der Waals surface area contributed by atoms with Crippen LogP contribution < -0.4 is 0 Å². The van der Waals surface area contributed by atoms with Crippen molar-refractivity contribution in [1.29, 1.82) is 0 Å². The lowest BCUT2D eigenvalue weighted by Crippen LogP contribution is -2.20. The first kappa shape index (κ1) is 13.4. The molecule has 0 saturated carbocycles. The molecular weight excluding hydrogens is 252 g/mol. The van der Waals surface area contributed by atoms with Crippen LogP contribution in [0.3, 0.4) is 0 Å². The number of nitrogens with zero attached hydrogens (tertiary/aromatic N) is 4. The summed E-state index contributed by atoms with van der Waals surface area (Å²) in [5.41, 5.74) is 1.21. The van der Waals surface area contributed by atoms with Crippen molar-refractivity contribution in [2.45, 2.75) is 32.1 Å². The molecule has 2 aromatic rings. The van der Waals surface area contributed by atoms with E-state index in [1.165, 1.54) is 31.5 Å². The van der Waals surface area contributed by atoms with E-state index in [4.69, 9.17) is 4.52 Å². The van der Waals surface area contributed by atoms with E-state index >= 15 is 0 Å². The lowest BCUT2D eigenvalue weighted by molar-refractivity contribution is 0.330. The van der Waals surface area contributed by atoms with Gasteiger partial charge in [-0.25, -0.2) is 0 Å². The smallest absolute Gasteiger partial charge is 0.231 e. The number of hydrogen-bond acceptors (Lipinski definition) is 4. The third-order valence-electron chi connectivity index (χ3n) is 3.83. The molecule has 20 heavy (non-hydrogen) atoms. The van der Waals surface area contributed by atoms with Gasteiger partial charge in [0.2, 0.25) is 5.89 Å². The Labute approximate surface area is 119 Å². The Kier molecular flexibility index (Phi) is 4.16. The van der Waals surface area contributed by atoms with Gasteiger partial charge in [0.1, 0.15) is 0 Å². The van der Waals surface area contributed by atoms with Gasteiger partial charge in [-0.2, -0.15) is 4.98 Å². The monoisotopic (exact) mass is 274 g/mol. The molecule has 0 aliphatic carbocycles. The van der Waals surface area contributed by atoms with Crippen LogP contribution in [-0.4, -0.2) is 39.2 Å². The molecule has 0 N–H and O–H groups in total. The predicted octanol–water partition coefficient (Wildman–Crippen LogP) is 2.03. The van der Waals surface area contributed by atoms with E-state index in [-0.39, 0.29) is 0 Å². The van der Waals surface area contributed by atoms with Gasteiger partial charge >= 0.3 is 0 Å². The Morgan fingerprint density at radius 3 is 2.90 bits per heavy atom. The van der Waals surface area contributed by atoms with E-state index < -0.39 is 0 Å². The molecule has 0 radical (unpaired) electrons. The van der Waals surface area contributed by atoms with Gasteiger partial charge in [-0.15, -0.1) is 0 Å². The van der Waals surface area contributed by atoms with Gasteiger partial charge < -0.3 is 14.0 Å². The van der Waals surface area contributed by atoms with Gasteiger partial charge in [-0.3, -0.25) is 0 Å². The maximum atomic E-state index is 5.32. The number of likely N-dealkylation sites (tertiary alicyclic amines) is 1. The molecule has 3 rings (SSSR count). The quantitative estimate of drug-likeness (QED) is 0.808. The van der Waals surface area contributed by atoms with Crippen molar-refractivity contribution in [2.75, 3.05) is 19.6 Å². The third-order valence-corrected chi connectivity index (χ3v) is 3.83. The molecule has 1 fully saturated rings. The standard InChI is InChI=1S/C15H22N4O/c1-18-10-6-13(12-18)11-15-16-14(17-20-15)5-4-9-19-7-2-3-8-19/h6,10,12H,2-5,7-9,11H2,1H3. The van der Waals surface area contributed by atoms with E-state index in [2.05, 4.69) is 27.3 Å². The fourth-order valence-electron chi connectivity index (χ4n) is 2.77. The second-order valence-electron chi connectivity index (χ2n) is 5.62. The number of aryl methyl sites for hydroxylation is 2. The summed E-state index contributed by atoms with van der Waals surface area (Å²) in [4.78, 5) is 6.99. The van der Waals surface area contributed by atoms with E-state index in [0.29, 0.717) is 5.89 Å². The second kappa shape index (κ2) is 6.22. The highest BCUT2D eigenvalue weighted by atomic mass is 16.5. The fraction of sp³-hybridized carbons (Fsp3) is 0.600. The zero-order valence-corrected chi connectivity index (χ0v) is 12.1. The van der Waals surface area contributed by atoms with Crippen LogP contribution in [0.1, 0.15) is 36.5 Å². The first-order chi connectivity index (χ1) is 9.79. The summed E-state index contributed by atoms with van der Waals surface area (Å²) in [5.74, 6) is 1.56. The molecule has 1 aliphatic rings. The average Bonchev–Trinajstić information content (AvgIpc) is 3.14. The van der Waals surface area contributed by atoms with Gasteiger partial charge in [0.15, 0.2) is 5.82 Å². The van der Waals surface area contributed by atoms with Crippen molar-refractivity contribution >= 4 is 0 Å². The number of hydrogen-bond donors (Lipinski definition) is 0. The topological polar surface area (TPSA) is 47.1 Å². The van der Waals surface area contributed by atoms with Crippen LogP contribution >= 0.6 is 0 Å². The Bertz CT molecular complexity index is 540. The van der Waals surface area contributed by atoms with Crippen molar-refractivity contribution in [3.63, 3.8) is 0 Å². The zero-order valence-electron chi connectivity index (χ0n) is 12.1. The maximum Gasteiger partial charge on any atom is 0.231 e. The molecule has 0 aromatic carbocycles. The SMILES string of the molecule is Cn1ccc(Cc2nc(CCCN3CCCC3)no2)c1. The van der Waals surface area contributed by atoms with Crippen molar-refractivity contribution in [3.8, 4) is 0 Å². The molecular formula is C15H22N4O. The van der Waals surface area contributed by atoms with Crippen LogP contribution in [0.15, 0.2) is 23.0 Å². The van der Waals surface area contributed by atoms with Gasteiger partial charge in [-0.1, -0.05) is 5.16 Å². The van der Waals surface area contributed by atoms with Crippen molar-refractivity contribution in [3.05, 3.63) is 35.7 Å². The van der Waals surface area contributed by atoms with Crippen molar-refractivity contribution < 1.29 is 4.52 Å². The van der Waals surface area contributed by atoms with Crippen LogP contribution in [0.25, 0.3) is 0 Å². The van der Waals surface area contributed by atoms with Gasteiger partial charge in [-0.05, 0) is 50.5 Å². The molecule has 5 heteroatoms. The minimum absolute atomic E-state index is 0.715. The van der Waals surface area contributed by atoms with Crippen LogP contribution in [0.2, 0.25) is 0 Å². The summed E-state index contributed by atoms with van der Waals surface area (Å²) in [6.45, 7) is 3.67. The molecule has 5 nitrogen and oxygen atoms in total. The summed E-state index contributed by atoms with van der Waals surface area (Å²) in [5, 5.41) is 4.07. The van der Waals surface area contributed by atoms with Crippen LogP contribution in [0.4, 0.5) is 0 Å². The average molecular weight is 274 g/mol. The maximum absolute atomic E-state index is 5.32. The summed E-state index contributed by atoms with van der Waals surface area (Å²) in [7, 11) is 2.01. The summed E-state index contributed by atoms with van der Waals surface area (Å²) >= 11 is 0. The highest BCUT2D eigenvalue weighted by molar-refractivity contribution is 5.14. The van der Waals surface area contributed by atoms with Crippen LogP contribution in [0, 0.1) is 0 Å². The predicted molar refractivity (Wildman–Crippen MR) is 76.5 cm³/mol. The Morgan fingerprint density at radius 1 is 1.30 bits per heavy atom. The van der Waals surface area contributed by atoms with E-state index in [9.17, 15) is 0 Å². The molecule has 0 unspecified atom stereocenters. The van der Waals surface area contributed by atoms with E-state index in [1.54, 1.807) is 0 Å². The fourth-order valence-corrected chi connectivity index (χ4v) is 2.77. The Morgan fingerprint density at radius 2 is 2.15 bits per heavy atom.